The van der Waals surface area contributed by atoms with Crippen molar-refractivity contribution >= 4 is 38.6 Å². The van der Waals surface area contributed by atoms with Crippen LogP contribution in [0.4, 0.5) is 10.2 Å². The molecule has 0 aliphatic rings. The van der Waals surface area contributed by atoms with Crippen molar-refractivity contribution in [2.24, 2.45) is 0 Å². The number of carbonyl (C=O) groups excluding carboxylic acids is 1. The number of ether oxygens (including phenoxy) is 1. The molecule has 0 fully saturated rings. The van der Waals surface area contributed by atoms with Crippen LogP contribution >= 0.6 is 15.9 Å². The van der Waals surface area contributed by atoms with Crippen molar-refractivity contribution in [1.82, 2.24) is 4.98 Å². The summed E-state index contributed by atoms with van der Waals surface area (Å²) in [5.74, 6) is -0.764. The molecule has 0 amide bonds. The van der Waals surface area contributed by atoms with Crippen LogP contribution in [0.3, 0.4) is 0 Å². The molecule has 1 aromatic heterocycles. The lowest BCUT2D eigenvalue weighted by Gasteiger charge is -2.01. The topological polar surface area (TPSA) is 68.1 Å². The number of aromatic nitrogens is 1. The van der Waals surface area contributed by atoms with E-state index in [0.29, 0.717) is 10.9 Å². The summed E-state index contributed by atoms with van der Waals surface area (Å²) >= 11 is 3.07. The van der Waals surface area contributed by atoms with Gasteiger partial charge in [0, 0.05) is 5.39 Å². The summed E-state index contributed by atoms with van der Waals surface area (Å²) in [7, 11) is 0. The molecule has 0 saturated heterocycles. The molecule has 0 unspecified atom stereocenters. The summed E-state index contributed by atoms with van der Waals surface area (Å²) in [4.78, 5) is 14.5. The number of nitrogens with two attached hydrogens (primary N) is 1. The fourth-order valence-corrected chi connectivity index (χ4v) is 1.98. The maximum atomic E-state index is 13.3. The highest BCUT2D eigenvalue weighted by Gasteiger charge is 2.19. The Balaban J connectivity index is 2.66. The van der Waals surface area contributed by atoms with Crippen molar-refractivity contribution in [2.75, 3.05) is 12.3 Å². The van der Waals surface area contributed by atoms with Crippen LogP contribution in [0.2, 0.25) is 0 Å². The number of carbonyl (C=O) groups is 1. The standard InChI is InChI=1S/C11H10BrFN2O2/c1-2-17-11(16)9-5-3-6(12)7(13)4-8(5)15-10(9)14/h3-4,15H,2,14H2,1H3. The molecular weight excluding hydrogens is 291 g/mol. The van der Waals surface area contributed by atoms with Gasteiger partial charge in [-0.2, -0.15) is 0 Å². The first kappa shape index (κ1) is 11.9. The molecule has 0 saturated carbocycles. The zero-order valence-corrected chi connectivity index (χ0v) is 10.6. The van der Waals surface area contributed by atoms with Gasteiger partial charge >= 0.3 is 5.97 Å². The Morgan fingerprint density at radius 2 is 2.29 bits per heavy atom. The van der Waals surface area contributed by atoms with Crippen molar-refractivity contribution in [3.63, 3.8) is 0 Å². The molecule has 3 N–H and O–H groups in total. The Kier molecular flexibility index (Phi) is 3.06. The minimum absolute atomic E-state index is 0.177. The number of halogens is 2. The van der Waals surface area contributed by atoms with E-state index in [9.17, 15) is 9.18 Å². The number of aromatic amines is 1. The van der Waals surface area contributed by atoms with Gasteiger partial charge in [-0.05, 0) is 35.0 Å². The zero-order valence-electron chi connectivity index (χ0n) is 9.01. The smallest absolute Gasteiger partial charge is 0.342 e. The van der Waals surface area contributed by atoms with Gasteiger partial charge in [0.2, 0.25) is 0 Å². The monoisotopic (exact) mass is 300 g/mol. The Morgan fingerprint density at radius 3 is 2.94 bits per heavy atom. The molecule has 1 heterocycles. The molecular formula is C11H10BrFN2O2. The zero-order chi connectivity index (χ0) is 12.6. The van der Waals surface area contributed by atoms with E-state index < -0.39 is 11.8 Å². The number of H-pyrrole nitrogens is 1. The number of hydrogen-bond donors (Lipinski definition) is 2. The van der Waals surface area contributed by atoms with E-state index in [1.807, 2.05) is 0 Å². The minimum atomic E-state index is -0.519. The second-order valence-corrected chi connectivity index (χ2v) is 4.30. The van der Waals surface area contributed by atoms with Gasteiger partial charge in [-0.1, -0.05) is 0 Å². The molecule has 4 nitrogen and oxygen atoms in total. The van der Waals surface area contributed by atoms with E-state index in [1.165, 1.54) is 12.1 Å². The molecule has 17 heavy (non-hydrogen) atoms. The first-order valence-corrected chi connectivity index (χ1v) is 5.77. The SMILES string of the molecule is CCOC(=O)c1c(N)[nH]c2cc(F)c(Br)cc12. The van der Waals surface area contributed by atoms with E-state index >= 15 is 0 Å². The molecule has 0 aliphatic carbocycles. The lowest BCUT2D eigenvalue weighted by atomic mass is 10.1. The van der Waals surface area contributed by atoms with E-state index in [-0.39, 0.29) is 22.5 Å². The van der Waals surface area contributed by atoms with Gasteiger partial charge < -0.3 is 15.5 Å². The van der Waals surface area contributed by atoms with Crippen LogP contribution in [0.25, 0.3) is 10.9 Å². The molecule has 2 rings (SSSR count). The van der Waals surface area contributed by atoms with Gasteiger partial charge in [0.15, 0.2) is 0 Å². The number of nitrogen functional groups attached to an aromatic ring is 1. The maximum Gasteiger partial charge on any atom is 0.342 e. The van der Waals surface area contributed by atoms with Gasteiger partial charge in [-0.3, -0.25) is 0 Å². The largest absolute Gasteiger partial charge is 0.462 e. The van der Waals surface area contributed by atoms with Gasteiger partial charge in [0.1, 0.15) is 17.2 Å². The Morgan fingerprint density at radius 1 is 1.59 bits per heavy atom. The summed E-state index contributed by atoms with van der Waals surface area (Å²) in [6.45, 7) is 1.96. The molecule has 0 radical (unpaired) electrons. The van der Waals surface area contributed by atoms with Crippen LogP contribution in [-0.2, 0) is 4.74 Å². The fourth-order valence-electron chi connectivity index (χ4n) is 1.63. The molecule has 6 heteroatoms. The predicted molar refractivity (Wildman–Crippen MR) is 66.3 cm³/mol. The van der Waals surface area contributed by atoms with E-state index in [2.05, 4.69) is 20.9 Å². The molecule has 0 bridgehead atoms. The third kappa shape index (κ3) is 2.00. The molecule has 0 atom stereocenters. The van der Waals surface area contributed by atoms with E-state index in [1.54, 1.807) is 6.92 Å². The average Bonchev–Trinajstić information content (AvgIpc) is 2.55. The lowest BCUT2D eigenvalue weighted by molar-refractivity contribution is 0.0530. The first-order valence-electron chi connectivity index (χ1n) is 4.98. The van der Waals surface area contributed by atoms with Crippen LogP contribution in [0.1, 0.15) is 17.3 Å². The summed E-state index contributed by atoms with van der Waals surface area (Å²) < 4.78 is 18.5. The van der Waals surface area contributed by atoms with Crippen molar-refractivity contribution < 1.29 is 13.9 Å². The van der Waals surface area contributed by atoms with Crippen LogP contribution in [0.5, 0.6) is 0 Å². The van der Waals surface area contributed by atoms with Crippen molar-refractivity contribution in [3.8, 4) is 0 Å². The quantitative estimate of drug-likeness (QED) is 0.838. The van der Waals surface area contributed by atoms with E-state index in [4.69, 9.17) is 10.5 Å². The van der Waals surface area contributed by atoms with Crippen LogP contribution in [0, 0.1) is 5.82 Å². The van der Waals surface area contributed by atoms with Crippen LogP contribution in [-0.4, -0.2) is 17.6 Å². The molecule has 1 aromatic carbocycles. The van der Waals surface area contributed by atoms with Crippen LogP contribution in [0.15, 0.2) is 16.6 Å². The fraction of sp³-hybridized carbons (Fsp3) is 0.182. The second-order valence-electron chi connectivity index (χ2n) is 3.45. The predicted octanol–water partition coefficient (Wildman–Crippen LogP) is 2.83. The minimum Gasteiger partial charge on any atom is -0.462 e. The van der Waals surface area contributed by atoms with Crippen molar-refractivity contribution in [2.45, 2.75) is 6.92 Å². The van der Waals surface area contributed by atoms with Crippen LogP contribution < -0.4 is 5.73 Å². The normalized spacial score (nSPS) is 10.8. The summed E-state index contributed by atoms with van der Waals surface area (Å²) in [5.41, 5.74) is 6.39. The van der Waals surface area contributed by atoms with E-state index in [0.717, 1.165) is 0 Å². The first-order chi connectivity index (χ1) is 8.04. The number of anilines is 1. The maximum absolute atomic E-state index is 13.3. The highest BCUT2D eigenvalue weighted by Crippen LogP contribution is 2.29. The van der Waals surface area contributed by atoms with Gasteiger partial charge in [-0.15, -0.1) is 0 Å². The van der Waals surface area contributed by atoms with Crippen molar-refractivity contribution in [1.29, 1.82) is 0 Å². The number of nitrogens with one attached hydrogen (secondary N) is 1. The average molecular weight is 301 g/mol. The van der Waals surface area contributed by atoms with Crippen molar-refractivity contribution in [3.05, 3.63) is 28.0 Å². The molecule has 0 spiro atoms. The summed E-state index contributed by atoms with van der Waals surface area (Å²) in [5, 5.41) is 0.536. The Labute approximate surface area is 105 Å². The highest BCUT2D eigenvalue weighted by atomic mass is 79.9. The number of hydrogen-bond acceptors (Lipinski definition) is 3. The van der Waals surface area contributed by atoms with Gasteiger partial charge in [0.25, 0.3) is 0 Å². The molecule has 2 aromatic rings. The molecule has 90 valence electrons. The number of rotatable bonds is 2. The second kappa shape index (κ2) is 4.37. The third-order valence-electron chi connectivity index (χ3n) is 2.35. The third-order valence-corrected chi connectivity index (χ3v) is 2.96. The highest BCUT2D eigenvalue weighted by molar-refractivity contribution is 9.10. The number of esters is 1. The number of fused-ring (bicyclic) bond motifs is 1. The number of benzene rings is 1. The van der Waals surface area contributed by atoms with Gasteiger partial charge in [-0.25, -0.2) is 9.18 Å². The summed E-state index contributed by atoms with van der Waals surface area (Å²) in [6.07, 6.45) is 0. The lowest BCUT2D eigenvalue weighted by Crippen LogP contribution is -2.06. The Bertz CT molecular complexity index is 595. The molecule has 0 aliphatic heterocycles. The summed E-state index contributed by atoms with van der Waals surface area (Å²) in [6, 6.07) is 2.78. The Hall–Kier alpha value is -1.56. The van der Waals surface area contributed by atoms with Gasteiger partial charge in [0.05, 0.1) is 16.6 Å².